The van der Waals surface area contributed by atoms with Crippen LogP contribution in [0, 0.1) is 0 Å². The lowest BCUT2D eigenvalue weighted by atomic mass is 10.1. The molecule has 0 fully saturated rings. The topological polar surface area (TPSA) is 0 Å². The summed E-state index contributed by atoms with van der Waals surface area (Å²) < 4.78 is 0. The Morgan fingerprint density at radius 1 is 0.882 bits per heavy atom. The van der Waals surface area contributed by atoms with Crippen molar-refractivity contribution < 1.29 is 0 Å². The summed E-state index contributed by atoms with van der Waals surface area (Å²) in [5.41, 5.74) is 1.36. The predicted octanol–water partition coefficient (Wildman–Crippen LogP) is 4.96. The van der Waals surface area contributed by atoms with Crippen molar-refractivity contribution in [1.82, 2.24) is 0 Å². The minimum Gasteiger partial charge on any atom is -0.0913 e. The van der Waals surface area contributed by atoms with Crippen LogP contribution in [0.4, 0.5) is 0 Å². The van der Waals surface area contributed by atoms with Gasteiger partial charge in [0.1, 0.15) is 0 Å². The van der Waals surface area contributed by atoms with Crippen molar-refractivity contribution in [3.05, 3.63) is 72.3 Å². The van der Waals surface area contributed by atoms with Gasteiger partial charge >= 0.3 is 0 Å². The minimum atomic E-state index is 1.02. The van der Waals surface area contributed by atoms with E-state index in [4.69, 9.17) is 0 Å². The molecule has 0 aromatic heterocycles. The largest absolute Gasteiger partial charge is 0.0913 e. The van der Waals surface area contributed by atoms with Crippen molar-refractivity contribution in [2.24, 2.45) is 0 Å². The normalized spacial score (nSPS) is 10.9. The van der Waals surface area contributed by atoms with Crippen LogP contribution in [0.15, 0.2) is 76.5 Å². The molecule has 0 radical (unpaired) electrons. The van der Waals surface area contributed by atoms with Gasteiger partial charge < -0.3 is 0 Å². The van der Waals surface area contributed by atoms with E-state index in [0.717, 1.165) is 6.42 Å². The fraction of sp³-hybridized carbons (Fsp3) is 0.125. The molecule has 1 heteroatoms. The van der Waals surface area contributed by atoms with Crippen molar-refractivity contribution in [3.8, 4) is 0 Å². The van der Waals surface area contributed by atoms with Gasteiger partial charge in [-0.05, 0) is 43.2 Å². The van der Waals surface area contributed by atoms with E-state index in [1.54, 1.807) is 11.8 Å². The molecule has 0 saturated carbocycles. The van der Waals surface area contributed by atoms with Gasteiger partial charge in [-0.15, -0.1) is 0 Å². The molecule has 0 spiro atoms. The molecule has 0 N–H and O–H groups in total. The summed E-state index contributed by atoms with van der Waals surface area (Å²) in [5.74, 6) is 0. The van der Waals surface area contributed by atoms with Gasteiger partial charge in [0.25, 0.3) is 0 Å². The Hall–Kier alpha value is -1.47. The van der Waals surface area contributed by atoms with Crippen LogP contribution >= 0.6 is 11.8 Å². The van der Waals surface area contributed by atoms with Gasteiger partial charge in [0.2, 0.25) is 0 Å². The zero-order valence-electron chi connectivity index (χ0n) is 9.97. The highest BCUT2D eigenvalue weighted by molar-refractivity contribution is 7.99. The highest BCUT2D eigenvalue weighted by Crippen LogP contribution is 2.27. The molecule has 0 aliphatic carbocycles. The Kier molecular flexibility index (Phi) is 4.45. The Morgan fingerprint density at radius 3 is 2.18 bits per heavy atom. The molecule has 0 bridgehead atoms. The van der Waals surface area contributed by atoms with Gasteiger partial charge in [0.05, 0.1) is 0 Å². The highest BCUT2D eigenvalue weighted by Gasteiger charge is 1.96. The summed E-state index contributed by atoms with van der Waals surface area (Å²) >= 11 is 1.80. The van der Waals surface area contributed by atoms with E-state index in [9.17, 15) is 0 Å². The number of hydrogen-bond donors (Lipinski definition) is 0. The van der Waals surface area contributed by atoms with E-state index in [1.165, 1.54) is 15.4 Å². The van der Waals surface area contributed by atoms with Gasteiger partial charge in [-0.1, -0.05) is 54.2 Å². The van der Waals surface area contributed by atoms with Crippen LogP contribution in [0.5, 0.6) is 0 Å². The molecule has 2 aromatic rings. The zero-order valence-corrected chi connectivity index (χ0v) is 10.8. The van der Waals surface area contributed by atoms with Crippen LogP contribution in [0.1, 0.15) is 12.5 Å². The Labute approximate surface area is 107 Å². The molecule has 0 amide bonds. The number of allylic oxidation sites excluding steroid dienone is 2. The van der Waals surface area contributed by atoms with Crippen LogP contribution in [0.25, 0.3) is 0 Å². The Morgan fingerprint density at radius 2 is 1.53 bits per heavy atom. The molecular weight excluding hydrogens is 224 g/mol. The lowest BCUT2D eigenvalue weighted by Gasteiger charge is -2.02. The standard InChI is InChI=1S/C16H16S/c1-2-3-7-14-10-12-16(13-11-14)17-15-8-5-4-6-9-15/h2-6,8-13H,7H2,1H3. The summed E-state index contributed by atoms with van der Waals surface area (Å²) in [6, 6.07) is 19.2. The summed E-state index contributed by atoms with van der Waals surface area (Å²) in [6.07, 6.45) is 5.29. The monoisotopic (exact) mass is 240 g/mol. The average Bonchev–Trinajstić information content (AvgIpc) is 2.39. The quantitative estimate of drug-likeness (QED) is 0.681. The third-order valence-electron chi connectivity index (χ3n) is 2.49. The predicted molar refractivity (Wildman–Crippen MR) is 75.5 cm³/mol. The number of hydrogen-bond acceptors (Lipinski definition) is 1. The molecule has 0 saturated heterocycles. The maximum atomic E-state index is 2.20. The second-order valence-corrected chi connectivity index (χ2v) is 4.98. The zero-order chi connectivity index (χ0) is 11.9. The van der Waals surface area contributed by atoms with E-state index in [-0.39, 0.29) is 0 Å². The summed E-state index contributed by atoms with van der Waals surface area (Å²) in [5, 5.41) is 0. The highest BCUT2D eigenvalue weighted by atomic mass is 32.2. The molecule has 17 heavy (non-hydrogen) atoms. The fourth-order valence-corrected chi connectivity index (χ4v) is 2.41. The van der Waals surface area contributed by atoms with Crippen molar-refractivity contribution in [3.63, 3.8) is 0 Å². The molecule has 2 aromatic carbocycles. The molecule has 0 aliphatic rings. The van der Waals surface area contributed by atoms with E-state index in [0.29, 0.717) is 0 Å². The van der Waals surface area contributed by atoms with E-state index >= 15 is 0 Å². The van der Waals surface area contributed by atoms with Crippen molar-refractivity contribution in [2.75, 3.05) is 0 Å². The molecule has 0 aliphatic heterocycles. The van der Waals surface area contributed by atoms with Gasteiger partial charge in [-0.3, -0.25) is 0 Å². The van der Waals surface area contributed by atoms with Gasteiger partial charge in [-0.2, -0.15) is 0 Å². The van der Waals surface area contributed by atoms with E-state index < -0.39 is 0 Å². The lowest BCUT2D eigenvalue weighted by molar-refractivity contribution is 1.24. The van der Waals surface area contributed by atoms with Crippen molar-refractivity contribution in [1.29, 1.82) is 0 Å². The first-order valence-electron chi connectivity index (χ1n) is 5.81. The average molecular weight is 240 g/mol. The van der Waals surface area contributed by atoms with Crippen LogP contribution in [-0.2, 0) is 6.42 Å². The van der Waals surface area contributed by atoms with Gasteiger partial charge in [0, 0.05) is 9.79 Å². The second-order valence-electron chi connectivity index (χ2n) is 3.83. The summed E-state index contributed by atoms with van der Waals surface area (Å²) in [4.78, 5) is 2.58. The van der Waals surface area contributed by atoms with Crippen molar-refractivity contribution in [2.45, 2.75) is 23.1 Å². The molecule has 2 rings (SSSR count). The molecule has 0 atom stereocenters. The van der Waals surface area contributed by atoms with Crippen LogP contribution in [-0.4, -0.2) is 0 Å². The smallest absolute Gasteiger partial charge is 0.0122 e. The summed E-state index contributed by atoms with van der Waals surface area (Å²) in [7, 11) is 0. The van der Waals surface area contributed by atoms with Crippen LogP contribution < -0.4 is 0 Å². The molecule has 0 heterocycles. The molecule has 0 unspecified atom stereocenters. The molecular formula is C16H16S. The fourth-order valence-electron chi connectivity index (χ4n) is 1.57. The maximum absolute atomic E-state index is 2.20. The third-order valence-corrected chi connectivity index (χ3v) is 3.51. The molecule has 86 valence electrons. The van der Waals surface area contributed by atoms with Gasteiger partial charge in [-0.25, -0.2) is 0 Å². The SMILES string of the molecule is CC=CCc1ccc(Sc2ccccc2)cc1. The third kappa shape index (κ3) is 3.79. The number of benzene rings is 2. The first kappa shape index (κ1) is 12.0. The Balaban J connectivity index is 2.03. The number of rotatable bonds is 4. The van der Waals surface area contributed by atoms with Crippen molar-refractivity contribution >= 4 is 11.8 Å². The Bertz CT molecular complexity index is 469. The second kappa shape index (κ2) is 6.31. The van der Waals surface area contributed by atoms with E-state index in [1.807, 2.05) is 6.07 Å². The minimum absolute atomic E-state index is 1.02. The van der Waals surface area contributed by atoms with Crippen LogP contribution in [0.3, 0.4) is 0 Å². The first-order valence-corrected chi connectivity index (χ1v) is 6.63. The van der Waals surface area contributed by atoms with Crippen LogP contribution in [0.2, 0.25) is 0 Å². The lowest BCUT2D eigenvalue weighted by Crippen LogP contribution is -1.80. The van der Waals surface area contributed by atoms with Gasteiger partial charge in [0.15, 0.2) is 0 Å². The summed E-state index contributed by atoms with van der Waals surface area (Å²) in [6.45, 7) is 2.06. The maximum Gasteiger partial charge on any atom is 0.0122 e. The first-order chi connectivity index (χ1) is 8.38. The molecule has 0 nitrogen and oxygen atoms in total. The van der Waals surface area contributed by atoms with E-state index in [2.05, 4.69) is 67.6 Å².